The maximum absolute atomic E-state index is 11.9. The summed E-state index contributed by atoms with van der Waals surface area (Å²) in [5, 5.41) is 3.81. The van der Waals surface area contributed by atoms with Gasteiger partial charge in [0.15, 0.2) is 6.61 Å². The topological polar surface area (TPSA) is 64.3 Å². The number of halogens is 2. The molecule has 20 heavy (non-hydrogen) atoms. The Labute approximate surface area is 129 Å². The predicted molar refractivity (Wildman–Crippen MR) is 82.4 cm³/mol. The lowest BCUT2D eigenvalue weighted by atomic mass is 9.88. The third-order valence-corrected chi connectivity index (χ3v) is 3.77. The molecule has 0 saturated heterocycles. The van der Waals surface area contributed by atoms with Gasteiger partial charge >= 0.3 is 0 Å². The Bertz CT molecular complexity index is 460. The average molecular weight is 319 g/mol. The van der Waals surface area contributed by atoms with E-state index in [2.05, 4.69) is 5.32 Å². The van der Waals surface area contributed by atoms with Gasteiger partial charge in [-0.05, 0) is 31.0 Å². The SMILES string of the molecule is CC(C)C(C)(CN)NC(=O)COc1cc(Cl)cc(Cl)c1. The summed E-state index contributed by atoms with van der Waals surface area (Å²) in [6.07, 6.45) is 0. The monoisotopic (exact) mass is 318 g/mol. The molecule has 0 aliphatic carbocycles. The van der Waals surface area contributed by atoms with Gasteiger partial charge in [0.1, 0.15) is 5.75 Å². The van der Waals surface area contributed by atoms with Crippen molar-refractivity contribution < 1.29 is 9.53 Å². The van der Waals surface area contributed by atoms with Crippen LogP contribution in [0.1, 0.15) is 20.8 Å². The zero-order valence-electron chi connectivity index (χ0n) is 11.9. The number of hydrogen-bond donors (Lipinski definition) is 2. The first-order valence-corrected chi connectivity index (χ1v) is 7.12. The third-order valence-electron chi connectivity index (χ3n) is 3.33. The van der Waals surface area contributed by atoms with Crippen LogP contribution in [0.3, 0.4) is 0 Å². The molecule has 3 N–H and O–H groups in total. The fraction of sp³-hybridized carbons (Fsp3) is 0.500. The molecule has 1 aromatic carbocycles. The molecule has 0 spiro atoms. The van der Waals surface area contributed by atoms with Gasteiger partial charge in [0.25, 0.3) is 5.91 Å². The largest absolute Gasteiger partial charge is 0.484 e. The van der Waals surface area contributed by atoms with E-state index >= 15 is 0 Å². The van der Waals surface area contributed by atoms with Crippen molar-refractivity contribution in [2.75, 3.05) is 13.2 Å². The van der Waals surface area contributed by atoms with Crippen molar-refractivity contribution in [1.82, 2.24) is 5.32 Å². The van der Waals surface area contributed by atoms with Crippen molar-refractivity contribution in [2.45, 2.75) is 26.3 Å². The molecule has 0 heterocycles. The van der Waals surface area contributed by atoms with Crippen molar-refractivity contribution in [3.63, 3.8) is 0 Å². The summed E-state index contributed by atoms with van der Waals surface area (Å²) in [6.45, 7) is 6.17. The van der Waals surface area contributed by atoms with Gasteiger partial charge in [-0.3, -0.25) is 4.79 Å². The van der Waals surface area contributed by atoms with Crippen LogP contribution in [0.4, 0.5) is 0 Å². The average Bonchev–Trinajstić information content (AvgIpc) is 2.35. The van der Waals surface area contributed by atoms with Crippen LogP contribution in [0.2, 0.25) is 10.0 Å². The number of carbonyl (C=O) groups is 1. The summed E-state index contributed by atoms with van der Waals surface area (Å²) in [6, 6.07) is 4.80. The molecule has 1 unspecified atom stereocenters. The van der Waals surface area contributed by atoms with Gasteiger partial charge < -0.3 is 15.8 Å². The first kappa shape index (κ1) is 17.1. The Morgan fingerprint density at radius 1 is 1.35 bits per heavy atom. The fourth-order valence-electron chi connectivity index (χ4n) is 1.55. The minimum absolute atomic E-state index is 0.112. The van der Waals surface area contributed by atoms with Gasteiger partial charge in [0.05, 0.1) is 5.54 Å². The smallest absolute Gasteiger partial charge is 0.258 e. The number of nitrogens with two attached hydrogens (primary N) is 1. The molecular weight excluding hydrogens is 299 g/mol. The van der Waals surface area contributed by atoms with Crippen LogP contribution in [0.15, 0.2) is 18.2 Å². The highest BCUT2D eigenvalue weighted by molar-refractivity contribution is 6.34. The van der Waals surface area contributed by atoms with Crippen LogP contribution in [-0.2, 0) is 4.79 Å². The van der Waals surface area contributed by atoms with E-state index in [4.69, 9.17) is 33.7 Å². The Hall–Kier alpha value is -0.970. The molecule has 1 amide bonds. The minimum atomic E-state index is -0.452. The van der Waals surface area contributed by atoms with E-state index in [0.717, 1.165) is 0 Å². The zero-order valence-corrected chi connectivity index (χ0v) is 13.4. The summed E-state index contributed by atoms with van der Waals surface area (Å²) < 4.78 is 5.38. The maximum atomic E-state index is 11.9. The van der Waals surface area contributed by atoms with Crippen LogP contribution in [0, 0.1) is 5.92 Å². The van der Waals surface area contributed by atoms with Gasteiger partial charge in [-0.1, -0.05) is 37.0 Å². The summed E-state index contributed by atoms with van der Waals surface area (Å²) in [4.78, 5) is 11.9. The summed E-state index contributed by atoms with van der Waals surface area (Å²) >= 11 is 11.7. The molecule has 1 rings (SSSR count). The number of benzene rings is 1. The summed E-state index contributed by atoms with van der Waals surface area (Å²) in [5.74, 6) is 0.441. The molecule has 112 valence electrons. The molecule has 0 aliphatic heterocycles. The number of rotatable bonds is 6. The van der Waals surface area contributed by atoms with Crippen molar-refractivity contribution in [1.29, 1.82) is 0 Å². The lowest BCUT2D eigenvalue weighted by Crippen LogP contribution is -2.56. The van der Waals surface area contributed by atoms with E-state index in [0.29, 0.717) is 22.3 Å². The van der Waals surface area contributed by atoms with Crippen LogP contribution in [-0.4, -0.2) is 24.6 Å². The molecule has 0 radical (unpaired) electrons. The van der Waals surface area contributed by atoms with Crippen molar-refractivity contribution >= 4 is 29.1 Å². The van der Waals surface area contributed by atoms with Gasteiger partial charge in [0.2, 0.25) is 0 Å². The van der Waals surface area contributed by atoms with E-state index in [1.807, 2.05) is 20.8 Å². The Morgan fingerprint density at radius 2 is 1.90 bits per heavy atom. The highest BCUT2D eigenvalue weighted by Crippen LogP contribution is 2.24. The quantitative estimate of drug-likeness (QED) is 0.847. The first-order valence-electron chi connectivity index (χ1n) is 6.37. The number of carbonyl (C=O) groups excluding carboxylic acids is 1. The Balaban J connectivity index is 2.59. The molecule has 0 saturated carbocycles. The van der Waals surface area contributed by atoms with Crippen molar-refractivity contribution in [3.05, 3.63) is 28.2 Å². The second-order valence-corrected chi connectivity index (χ2v) is 6.09. The fourth-order valence-corrected chi connectivity index (χ4v) is 2.05. The van der Waals surface area contributed by atoms with Crippen LogP contribution < -0.4 is 15.8 Å². The predicted octanol–water partition coefficient (Wildman–Crippen LogP) is 2.86. The number of amides is 1. The van der Waals surface area contributed by atoms with Gasteiger partial charge in [0, 0.05) is 16.6 Å². The highest BCUT2D eigenvalue weighted by atomic mass is 35.5. The molecule has 0 bridgehead atoms. The molecule has 4 nitrogen and oxygen atoms in total. The van der Waals surface area contributed by atoms with Gasteiger partial charge in [-0.2, -0.15) is 0 Å². The lowest BCUT2D eigenvalue weighted by molar-refractivity contribution is -0.125. The van der Waals surface area contributed by atoms with Crippen LogP contribution >= 0.6 is 23.2 Å². The van der Waals surface area contributed by atoms with Crippen molar-refractivity contribution in [3.8, 4) is 5.75 Å². The van der Waals surface area contributed by atoms with Gasteiger partial charge in [-0.25, -0.2) is 0 Å². The van der Waals surface area contributed by atoms with E-state index in [1.54, 1.807) is 18.2 Å². The molecule has 0 fully saturated rings. The van der Waals surface area contributed by atoms with E-state index < -0.39 is 5.54 Å². The number of nitrogens with one attached hydrogen (secondary N) is 1. The molecule has 0 aromatic heterocycles. The lowest BCUT2D eigenvalue weighted by Gasteiger charge is -2.33. The number of hydrogen-bond acceptors (Lipinski definition) is 3. The van der Waals surface area contributed by atoms with E-state index in [9.17, 15) is 4.79 Å². The molecule has 0 aliphatic rings. The van der Waals surface area contributed by atoms with E-state index in [-0.39, 0.29) is 18.4 Å². The van der Waals surface area contributed by atoms with Crippen LogP contribution in [0.25, 0.3) is 0 Å². The van der Waals surface area contributed by atoms with E-state index in [1.165, 1.54) is 0 Å². The molecule has 6 heteroatoms. The highest BCUT2D eigenvalue weighted by Gasteiger charge is 2.28. The van der Waals surface area contributed by atoms with Crippen molar-refractivity contribution in [2.24, 2.45) is 11.7 Å². The second kappa shape index (κ2) is 7.16. The number of ether oxygens (including phenoxy) is 1. The summed E-state index contributed by atoms with van der Waals surface area (Å²) in [5.41, 5.74) is 5.26. The molecule has 1 aromatic rings. The molecule has 1 atom stereocenters. The molecular formula is C14H20Cl2N2O2. The first-order chi connectivity index (χ1) is 9.26. The zero-order chi connectivity index (χ0) is 15.3. The second-order valence-electron chi connectivity index (χ2n) is 5.22. The normalized spacial score (nSPS) is 13.9. The maximum Gasteiger partial charge on any atom is 0.258 e. The van der Waals surface area contributed by atoms with Crippen LogP contribution in [0.5, 0.6) is 5.75 Å². The third kappa shape index (κ3) is 4.85. The standard InChI is InChI=1S/C14H20Cl2N2O2/c1-9(2)14(3,8-17)18-13(19)7-20-12-5-10(15)4-11(16)6-12/h4-6,9H,7-8,17H2,1-3H3,(H,18,19). The summed E-state index contributed by atoms with van der Waals surface area (Å²) in [7, 11) is 0. The Morgan fingerprint density at radius 3 is 2.35 bits per heavy atom. The minimum Gasteiger partial charge on any atom is -0.484 e. The Kier molecular flexibility index (Phi) is 6.11. The van der Waals surface area contributed by atoms with Gasteiger partial charge in [-0.15, -0.1) is 0 Å².